The highest BCUT2D eigenvalue weighted by molar-refractivity contribution is 6.32. The van der Waals surface area contributed by atoms with Gasteiger partial charge < -0.3 is 5.32 Å². The zero-order valence-corrected chi connectivity index (χ0v) is 11.4. The zero-order chi connectivity index (χ0) is 13.9. The molecule has 0 unspecified atom stereocenters. The van der Waals surface area contributed by atoms with Crippen LogP contribution in [0.4, 0.5) is 11.6 Å². The first-order valence-corrected chi connectivity index (χ1v) is 6.31. The van der Waals surface area contributed by atoms with E-state index in [4.69, 9.17) is 11.6 Å². The Morgan fingerprint density at radius 2 is 1.95 bits per heavy atom. The Labute approximate surface area is 120 Å². The van der Waals surface area contributed by atoms with Crippen molar-refractivity contribution in [2.24, 2.45) is 7.05 Å². The average Bonchev–Trinajstić information content (AvgIpc) is 2.89. The summed E-state index contributed by atoms with van der Waals surface area (Å²) in [5.41, 5.74) is 2.06. The Hall–Kier alpha value is -2.47. The standard InChI is InChI=1S/C13H11ClN6/c1-20-16-8-11(19-20)12-10(14)7-15-13(18-12)17-9-5-3-2-4-6-9/h2-8H,1H3,(H,15,17,18). The van der Waals surface area contributed by atoms with Crippen molar-refractivity contribution in [3.05, 3.63) is 47.7 Å². The summed E-state index contributed by atoms with van der Waals surface area (Å²) >= 11 is 6.11. The molecule has 1 N–H and O–H groups in total. The van der Waals surface area contributed by atoms with Gasteiger partial charge in [-0.05, 0) is 12.1 Å². The van der Waals surface area contributed by atoms with E-state index in [1.807, 2.05) is 30.3 Å². The molecule has 0 amide bonds. The lowest BCUT2D eigenvalue weighted by atomic mass is 10.3. The third-order valence-electron chi connectivity index (χ3n) is 2.62. The number of anilines is 2. The summed E-state index contributed by atoms with van der Waals surface area (Å²) in [6, 6.07) is 9.67. The van der Waals surface area contributed by atoms with Crippen molar-refractivity contribution >= 4 is 23.2 Å². The van der Waals surface area contributed by atoms with Crippen molar-refractivity contribution in [3.63, 3.8) is 0 Å². The molecule has 3 aromatic rings. The molecule has 0 bridgehead atoms. The van der Waals surface area contributed by atoms with Crippen LogP contribution in [0.3, 0.4) is 0 Å². The maximum absolute atomic E-state index is 6.11. The molecule has 100 valence electrons. The van der Waals surface area contributed by atoms with Crippen molar-refractivity contribution in [1.29, 1.82) is 0 Å². The number of rotatable bonds is 3. The average molecular weight is 287 g/mol. The molecular formula is C13H11ClN6. The number of para-hydroxylation sites is 1. The van der Waals surface area contributed by atoms with Crippen LogP contribution in [0.15, 0.2) is 42.7 Å². The maximum atomic E-state index is 6.11. The first-order chi connectivity index (χ1) is 9.72. The molecule has 1 aromatic carbocycles. The van der Waals surface area contributed by atoms with Gasteiger partial charge in [0.1, 0.15) is 11.4 Å². The van der Waals surface area contributed by atoms with Gasteiger partial charge in [-0.3, -0.25) is 0 Å². The Morgan fingerprint density at radius 3 is 2.65 bits per heavy atom. The number of nitrogens with zero attached hydrogens (tertiary/aromatic N) is 5. The van der Waals surface area contributed by atoms with Crippen molar-refractivity contribution in [2.45, 2.75) is 0 Å². The summed E-state index contributed by atoms with van der Waals surface area (Å²) < 4.78 is 0. The molecule has 0 saturated heterocycles. The molecule has 3 rings (SSSR count). The molecule has 0 spiro atoms. The van der Waals surface area contributed by atoms with Gasteiger partial charge in [-0.2, -0.15) is 15.0 Å². The van der Waals surface area contributed by atoms with E-state index in [2.05, 4.69) is 25.5 Å². The molecule has 0 aliphatic carbocycles. The highest BCUT2D eigenvalue weighted by Gasteiger charge is 2.11. The van der Waals surface area contributed by atoms with Crippen LogP contribution >= 0.6 is 11.6 Å². The topological polar surface area (TPSA) is 68.5 Å². The molecule has 2 heterocycles. The maximum Gasteiger partial charge on any atom is 0.227 e. The molecule has 2 aromatic heterocycles. The minimum absolute atomic E-state index is 0.434. The number of aryl methyl sites for hydroxylation is 1. The molecule has 0 aliphatic heterocycles. The van der Waals surface area contributed by atoms with Gasteiger partial charge in [0.2, 0.25) is 5.95 Å². The summed E-state index contributed by atoms with van der Waals surface area (Å²) in [6.07, 6.45) is 3.16. The van der Waals surface area contributed by atoms with Crippen LogP contribution in [-0.2, 0) is 7.05 Å². The van der Waals surface area contributed by atoms with Crippen LogP contribution in [-0.4, -0.2) is 25.0 Å². The molecule has 0 fully saturated rings. The quantitative estimate of drug-likeness (QED) is 0.802. The van der Waals surface area contributed by atoms with Crippen molar-refractivity contribution in [3.8, 4) is 11.4 Å². The van der Waals surface area contributed by atoms with Gasteiger partial charge in [0, 0.05) is 12.7 Å². The summed E-state index contributed by atoms with van der Waals surface area (Å²) in [4.78, 5) is 9.99. The third kappa shape index (κ3) is 2.60. The lowest BCUT2D eigenvalue weighted by Gasteiger charge is -2.06. The van der Waals surface area contributed by atoms with Crippen LogP contribution in [0.25, 0.3) is 11.4 Å². The zero-order valence-electron chi connectivity index (χ0n) is 10.7. The van der Waals surface area contributed by atoms with E-state index in [1.165, 1.54) is 4.80 Å². The second-order valence-corrected chi connectivity index (χ2v) is 4.51. The highest BCUT2D eigenvalue weighted by atomic mass is 35.5. The van der Waals surface area contributed by atoms with E-state index < -0.39 is 0 Å². The summed E-state index contributed by atoms with van der Waals surface area (Å²) in [5.74, 6) is 0.459. The summed E-state index contributed by atoms with van der Waals surface area (Å²) in [7, 11) is 1.74. The lowest BCUT2D eigenvalue weighted by molar-refractivity contribution is 0.655. The summed E-state index contributed by atoms with van der Waals surface area (Å²) in [5, 5.41) is 11.8. The van der Waals surface area contributed by atoms with Gasteiger partial charge in [0.05, 0.1) is 17.4 Å². The molecule has 7 heteroatoms. The highest BCUT2D eigenvalue weighted by Crippen LogP contribution is 2.24. The fraction of sp³-hybridized carbons (Fsp3) is 0.0769. The monoisotopic (exact) mass is 286 g/mol. The van der Waals surface area contributed by atoms with Gasteiger partial charge in [-0.25, -0.2) is 9.97 Å². The molecular weight excluding hydrogens is 276 g/mol. The molecule has 20 heavy (non-hydrogen) atoms. The Bertz CT molecular complexity index is 725. The predicted octanol–water partition coefficient (Wildman–Crippen LogP) is 2.67. The number of hydrogen-bond acceptors (Lipinski definition) is 5. The van der Waals surface area contributed by atoms with Crippen LogP contribution in [0.2, 0.25) is 5.02 Å². The number of halogens is 1. The normalized spacial score (nSPS) is 10.5. The third-order valence-corrected chi connectivity index (χ3v) is 2.89. The van der Waals surface area contributed by atoms with Gasteiger partial charge >= 0.3 is 0 Å². The lowest BCUT2D eigenvalue weighted by Crippen LogP contribution is -1.99. The number of nitrogens with one attached hydrogen (secondary N) is 1. The van der Waals surface area contributed by atoms with Gasteiger partial charge in [0.15, 0.2) is 0 Å². The Kier molecular flexibility index (Phi) is 3.30. The number of hydrogen-bond donors (Lipinski definition) is 1. The SMILES string of the molecule is Cn1ncc(-c2nc(Nc3ccccc3)ncc2Cl)n1. The van der Waals surface area contributed by atoms with Gasteiger partial charge in [0.25, 0.3) is 0 Å². The fourth-order valence-corrected chi connectivity index (χ4v) is 1.90. The minimum Gasteiger partial charge on any atom is -0.324 e. The van der Waals surface area contributed by atoms with Gasteiger partial charge in [-0.15, -0.1) is 0 Å². The minimum atomic E-state index is 0.434. The van der Waals surface area contributed by atoms with Crippen molar-refractivity contribution in [2.75, 3.05) is 5.32 Å². The molecule has 0 radical (unpaired) electrons. The van der Waals surface area contributed by atoms with Crippen LogP contribution in [0, 0.1) is 0 Å². The second kappa shape index (κ2) is 5.26. The molecule has 0 atom stereocenters. The fourth-order valence-electron chi connectivity index (χ4n) is 1.71. The smallest absolute Gasteiger partial charge is 0.227 e. The van der Waals surface area contributed by atoms with E-state index in [0.717, 1.165) is 5.69 Å². The predicted molar refractivity (Wildman–Crippen MR) is 76.8 cm³/mol. The molecule has 0 saturated carbocycles. The van der Waals surface area contributed by atoms with E-state index in [1.54, 1.807) is 19.4 Å². The first kappa shape index (κ1) is 12.6. The van der Waals surface area contributed by atoms with Crippen molar-refractivity contribution < 1.29 is 0 Å². The Balaban J connectivity index is 1.94. The number of benzene rings is 1. The largest absolute Gasteiger partial charge is 0.324 e. The van der Waals surface area contributed by atoms with E-state index in [0.29, 0.717) is 22.4 Å². The number of aromatic nitrogens is 5. The Morgan fingerprint density at radius 1 is 1.15 bits per heavy atom. The first-order valence-electron chi connectivity index (χ1n) is 5.94. The van der Waals surface area contributed by atoms with Crippen molar-refractivity contribution in [1.82, 2.24) is 25.0 Å². The summed E-state index contributed by atoms with van der Waals surface area (Å²) in [6.45, 7) is 0. The van der Waals surface area contributed by atoms with Gasteiger partial charge in [-0.1, -0.05) is 29.8 Å². The molecule has 0 aliphatic rings. The van der Waals surface area contributed by atoms with Crippen LogP contribution in [0.1, 0.15) is 0 Å². The van der Waals surface area contributed by atoms with E-state index in [9.17, 15) is 0 Å². The van der Waals surface area contributed by atoms with Crippen LogP contribution < -0.4 is 5.32 Å². The molecule has 6 nitrogen and oxygen atoms in total. The van der Waals surface area contributed by atoms with Crippen LogP contribution in [0.5, 0.6) is 0 Å². The van der Waals surface area contributed by atoms with E-state index >= 15 is 0 Å². The second-order valence-electron chi connectivity index (χ2n) is 4.10. The van der Waals surface area contributed by atoms with E-state index in [-0.39, 0.29) is 0 Å².